The number of methoxy groups -OCH3 is 1. The molecule has 24 heavy (non-hydrogen) atoms. The third-order valence-electron chi connectivity index (χ3n) is 5.08. The molecule has 2 N–H and O–H groups in total. The molecule has 0 aromatic carbocycles. The number of H-pyrrole nitrogens is 2. The van der Waals surface area contributed by atoms with Gasteiger partial charge in [0.25, 0.3) is 0 Å². The Balaban J connectivity index is 1.77. The van der Waals surface area contributed by atoms with Gasteiger partial charge < -0.3 is 14.7 Å². The van der Waals surface area contributed by atoms with Crippen molar-refractivity contribution in [2.24, 2.45) is 4.99 Å². The van der Waals surface area contributed by atoms with Crippen LogP contribution in [0.1, 0.15) is 53.9 Å². The molecule has 0 saturated heterocycles. The lowest BCUT2D eigenvalue weighted by Gasteiger charge is -2.20. The maximum absolute atomic E-state index is 5.55. The minimum absolute atomic E-state index is 0.591. The van der Waals surface area contributed by atoms with Gasteiger partial charge in [-0.1, -0.05) is 6.92 Å². The highest BCUT2D eigenvalue weighted by atomic mass is 16.5. The quantitative estimate of drug-likeness (QED) is 0.861. The fourth-order valence-electron chi connectivity index (χ4n) is 3.88. The summed E-state index contributed by atoms with van der Waals surface area (Å²) in [7, 11) is 1.70. The van der Waals surface area contributed by atoms with Gasteiger partial charge in [-0.2, -0.15) is 0 Å². The molecule has 0 spiro atoms. The van der Waals surface area contributed by atoms with Gasteiger partial charge in [0, 0.05) is 23.7 Å². The third-order valence-corrected chi connectivity index (χ3v) is 5.08. The van der Waals surface area contributed by atoms with Crippen LogP contribution in [0.15, 0.2) is 40.9 Å². The van der Waals surface area contributed by atoms with Crippen LogP contribution >= 0.6 is 0 Å². The Morgan fingerprint density at radius 2 is 2.25 bits per heavy atom. The van der Waals surface area contributed by atoms with E-state index in [-0.39, 0.29) is 0 Å². The first-order chi connectivity index (χ1) is 11.7. The maximum Gasteiger partial charge on any atom is 0.146 e. The number of hydrogen-bond acceptors (Lipinski definition) is 2. The van der Waals surface area contributed by atoms with Crippen LogP contribution in [0.2, 0.25) is 0 Å². The van der Waals surface area contributed by atoms with E-state index in [0.717, 1.165) is 22.9 Å². The summed E-state index contributed by atoms with van der Waals surface area (Å²) in [5.74, 6) is 1.40. The lowest BCUT2D eigenvalue weighted by atomic mass is 9.84. The van der Waals surface area contributed by atoms with E-state index in [1.165, 1.54) is 41.8 Å². The van der Waals surface area contributed by atoms with E-state index in [0.29, 0.717) is 5.92 Å². The van der Waals surface area contributed by atoms with Gasteiger partial charge in [0.15, 0.2) is 0 Å². The molecular weight excluding hydrogens is 298 g/mol. The molecule has 0 unspecified atom stereocenters. The van der Waals surface area contributed by atoms with Crippen LogP contribution in [0.5, 0.6) is 0 Å². The topological polar surface area (TPSA) is 53.2 Å². The first-order valence-corrected chi connectivity index (χ1v) is 8.59. The molecule has 3 heterocycles. The highest BCUT2D eigenvalue weighted by Crippen LogP contribution is 2.37. The van der Waals surface area contributed by atoms with Crippen molar-refractivity contribution in [3.63, 3.8) is 0 Å². The van der Waals surface area contributed by atoms with E-state index in [9.17, 15) is 0 Å². The summed E-state index contributed by atoms with van der Waals surface area (Å²) in [6, 6.07) is 4.00. The van der Waals surface area contributed by atoms with Crippen LogP contribution in [0.4, 0.5) is 0 Å². The van der Waals surface area contributed by atoms with Crippen molar-refractivity contribution in [3.05, 3.63) is 64.1 Å². The van der Waals surface area contributed by atoms with E-state index in [4.69, 9.17) is 9.73 Å². The molecule has 124 valence electrons. The molecule has 1 aliphatic carbocycles. The van der Waals surface area contributed by atoms with E-state index in [1.54, 1.807) is 7.11 Å². The molecule has 2 aromatic heterocycles. The minimum atomic E-state index is 0.591. The Labute approximate surface area is 142 Å². The van der Waals surface area contributed by atoms with Crippen LogP contribution < -0.4 is 0 Å². The van der Waals surface area contributed by atoms with Crippen molar-refractivity contribution in [2.45, 2.75) is 39.0 Å². The van der Waals surface area contributed by atoms with Gasteiger partial charge in [-0.05, 0) is 61.4 Å². The SMILES string of the molecule is COC1=CC(c2ccc[nH]2)=N/C1=C\c1[nH]c(C)c2c1[C@H](C)CCC2. The predicted octanol–water partition coefficient (Wildman–Crippen LogP) is 4.47. The van der Waals surface area contributed by atoms with Crippen molar-refractivity contribution in [2.75, 3.05) is 7.11 Å². The molecule has 1 atom stereocenters. The summed E-state index contributed by atoms with van der Waals surface area (Å²) in [5, 5.41) is 0. The van der Waals surface area contributed by atoms with Crippen molar-refractivity contribution in [1.82, 2.24) is 9.97 Å². The normalized spacial score (nSPS) is 21.6. The van der Waals surface area contributed by atoms with Crippen LogP contribution in [0.3, 0.4) is 0 Å². The van der Waals surface area contributed by atoms with E-state index in [1.807, 2.05) is 24.4 Å². The summed E-state index contributed by atoms with van der Waals surface area (Å²) in [5.41, 5.74) is 8.23. The Bertz CT molecular complexity index is 850. The Kier molecular flexibility index (Phi) is 3.68. The van der Waals surface area contributed by atoms with Gasteiger partial charge in [-0.25, -0.2) is 4.99 Å². The van der Waals surface area contributed by atoms with Crippen molar-refractivity contribution < 1.29 is 4.74 Å². The summed E-state index contributed by atoms with van der Waals surface area (Å²) in [4.78, 5) is 11.5. The lowest BCUT2D eigenvalue weighted by Crippen LogP contribution is -2.06. The zero-order chi connectivity index (χ0) is 16.7. The van der Waals surface area contributed by atoms with Gasteiger partial charge in [0.05, 0.1) is 18.5 Å². The molecule has 4 rings (SSSR count). The molecule has 0 saturated carbocycles. The second kappa shape index (κ2) is 5.86. The average molecular weight is 321 g/mol. The number of fused-ring (bicyclic) bond motifs is 1. The van der Waals surface area contributed by atoms with Gasteiger partial charge in [0.2, 0.25) is 0 Å². The fraction of sp³-hybridized carbons (Fsp3) is 0.350. The van der Waals surface area contributed by atoms with Gasteiger partial charge >= 0.3 is 0 Å². The predicted molar refractivity (Wildman–Crippen MR) is 97.3 cm³/mol. The summed E-state index contributed by atoms with van der Waals surface area (Å²) < 4.78 is 5.55. The number of ether oxygens (including phenoxy) is 1. The highest BCUT2D eigenvalue weighted by molar-refractivity contribution is 6.11. The minimum Gasteiger partial charge on any atom is -0.494 e. The van der Waals surface area contributed by atoms with Gasteiger partial charge in [-0.3, -0.25) is 0 Å². The Morgan fingerprint density at radius 1 is 1.38 bits per heavy atom. The number of hydrogen-bond donors (Lipinski definition) is 2. The van der Waals surface area contributed by atoms with Crippen molar-refractivity contribution >= 4 is 11.8 Å². The zero-order valence-corrected chi connectivity index (χ0v) is 14.4. The molecule has 4 heteroatoms. The molecule has 0 bridgehead atoms. The molecule has 2 aromatic rings. The summed E-state index contributed by atoms with van der Waals surface area (Å²) in [6.07, 6.45) is 9.75. The molecule has 4 nitrogen and oxygen atoms in total. The van der Waals surface area contributed by atoms with Crippen molar-refractivity contribution in [3.8, 4) is 0 Å². The highest BCUT2D eigenvalue weighted by Gasteiger charge is 2.24. The van der Waals surface area contributed by atoms with Gasteiger partial charge in [0.1, 0.15) is 11.5 Å². The molecule has 0 radical (unpaired) electrons. The number of aromatic nitrogens is 2. The number of nitrogens with zero attached hydrogens (tertiary/aromatic N) is 1. The molecule has 1 aliphatic heterocycles. The van der Waals surface area contributed by atoms with Crippen LogP contribution in [-0.4, -0.2) is 22.8 Å². The third kappa shape index (κ3) is 2.42. The molecule has 0 fully saturated rings. The Morgan fingerprint density at radius 3 is 3.00 bits per heavy atom. The summed E-state index contributed by atoms with van der Waals surface area (Å²) >= 11 is 0. The van der Waals surface area contributed by atoms with Crippen LogP contribution in [0.25, 0.3) is 6.08 Å². The number of aliphatic imine (C=N–C) groups is 1. The summed E-state index contributed by atoms with van der Waals surface area (Å²) in [6.45, 7) is 4.50. The second-order valence-electron chi connectivity index (χ2n) is 6.67. The smallest absolute Gasteiger partial charge is 0.146 e. The Hall–Kier alpha value is -2.49. The number of aromatic amines is 2. The number of nitrogens with one attached hydrogen (secondary N) is 2. The zero-order valence-electron chi connectivity index (χ0n) is 14.4. The number of allylic oxidation sites excluding steroid dienone is 1. The first kappa shape index (κ1) is 15.1. The van der Waals surface area contributed by atoms with Crippen LogP contribution in [-0.2, 0) is 11.2 Å². The molecular formula is C20H23N3O. The van der Waals surface area contributed by atoms with E-state index < -0.39 is 0 Å². The first-order valence-electron chi connectivity index (χ1n) is 8.59. The number of rotatable bonds is 3. The standard InChI is InChI=1S/C20H23N3O/c1-12-6-4-7-14-13(2)22-18(20(12)14)10-17-19(24-3)11-16(23-17)15-8-5-9-21-15/h5,8-12,21-22H,4,6-7H2,1-3H3/b17-10-/t12-/m1/s1. The fourth-order valence-corrected chi connectivity index (χ4v) is 3.88. The average Bonchev–Trinajstić information content (AvgIpc) is 3.28. The maximum atomic E-state index is 5.55. The molecule has 2 aliphatic rings. The van der Waals surface area contributed by atoms with Crippen molar-refractivity contribution in [1.29, 1.82) is 0 Å². The van der Waals surface area contributed by atoms with E-state index >= 15 is 0 Å². The van der Waals surface area contributed by atoms with Gasteiger partial charge in [-0.15, -0.1) is 0 Å². The van der Waals surface area contributed by atoms with Crippen LogP contribution in [0, 0.1) is 6.92 Å². The lowest BCUT2D eigenvalue weighted by molar-refractivity contribution is 0.303. The monoisotopic (exact) mass is 321 g/mol. The second-order valence-corrected chi connectivity index (χ2v) is 6.67. The largest absolute Gasteiger partial charge is 0.494 e. The molecule has 0 amide bonds. The van der Waals surface area contributed by atoms with E-state index in [2.05, 4.69) is 29.9 Å². The number of aryl methyl sites for hydroxylation is 1.